The van der Waals surface area contributed by atoms with E-state index in [4.69, 9.17) is 0 Å². The zero-order valence-corrected chi connectivity index (χ0v) is 7.79. The van der Waals surface area contributed by atoms with Crippen molar-refractivity contribution in [3.63, 3.8) is 0 Å². The second-order valence-corrected chi connectivity index (χ2v) is 5.45. The average Bonchev–Trinajstić information content (AvgIpc) is 2.37. The second-order valence-electron chi connectivity index (χ2n) is 5.45. The summed E-state index contributed by atoms with van der Waals surface area (Å²) in [5.41, 5.74) is 0.383. The maximum absolute atomic E-state index is 9.85. The normalized spacial score (nSPS) is 58.0. The number of aliphatic hydroxyl groups excluding tert-OH is 1. The van der Waals surface area contributed by atoms with Crippen LogP contribution in [0.5, 0.6) is 0 Å². The van der Waals surface area contributed by atoms with Gasteiger partial charge in [-0.25, -0.2) is 0 Å². The van der Waals surface area contributed by atoms with Gasteiger partial charge >= 0.3 is 0 Å². The van der Waals surface area contributed by atoms with Gasteiger partial charge in [-0.1, -0.05) is 0 Å². The quantitative estimate of drug-likeness (QED) is 0.633. The van der Waals surface area contributed by atoms with Gasteiger partial charge in [0, 0.05) is 0 Å². The first-order valence-electron chi connectivity index (χ1n) is 5.39. The summed E-state index contributed by atoms with van der Waals surface area (Å²) in [4.78, 5) is 0. The molecule has 1 heteroatoms. The third kappa shape index (κ3) is 0.693. The predicted molar refractivity (Wildman–Crippen MR) is 47.7 cm³/mol. The van der Waals surface area contributed by atoms with Crippen molar-refractivity contribution >= 4 is 0 Å². The molecule has 4 aliphatic carbocycles. The smallest absolute Gasteiger partial charge is 0.0571 e. The first-order valence-corrected chi connectivity index (χ1v) is 5.39. The fraction of sp³-hybridized carbons (Fsp3) is 1.00. The lowest BCUT2D eigenvalue weighted by Crippen LogP contribution is -2.34. The highest BCUT2D eigenvalue weighted by atomic mass is 16.3. The minimum Gasteiger partial charge on any atom is -0.393 e. The van der Waals surface area contributed by atoms with Gasteiger partial charge in [-0.05, 0) is 62.2 Å². The lowest BCUT2D eigenvalue weighted by molar-refractivity contribution is 0.0137. The Morgan fingerprint density at radius 2 is 1.75 bits per heavy atom. The fourth-order valence-electron chi connectivity index (χ4n) is 4.54. The summed E-state index contributed by atoms with van der Waals surface area (Å²) in [6.45, 7) is 2.02. The molecule has 4 aliphatic rings. The van der Waals surface area contributed by atoms with E-state index in [0.717, 1.165) is 17.8 Å². The summed E-state index contributed by atoms with van der Waals surface area (Å²) in [5.74, 6) is 2.86. The molecule has 3 atom stereocenters. The highest BCUT2D eigenvalue weighted by Gasteiger charge is 2.59. The monoisotopic (exact) mass is 166 g/mol. The molecule has 4 saturated carbocycles. The van der Waals surface area contributed by atoms with E-state index < -0.39 is 0 Å². The van der Waals surface area contributed by atoms with Gasteiger partial charge in [-0.2, -0.15) is 0 Å². The van der Waals surface area contributed by atoms with Gasteiger partial charge in [0.05, 0.1) is 6.10 Å². The molecule has 0 heterocycles. The Morgan fingerprint density at radius 1 is 1.17 bits per heavy atom. The van der Waals surface area contributed by atoms with Crippen molar-refractivity contribution in [2.45, 2.75) is 45.1 Å². The Hall–Kier alpha value is -0.0400. The van der Waals surface area contributed by atoms with Crippen LogP contribution >= 0.6 is 0 Å². The Morgan fingerprint density at radius 3 is 2.17 bits per heavy atom. The molecule has 0 aromatic carbocycles. The number of rotatable bonds is 1. The molecule has 0 radical (unpaired) electrons. The zero-order chi connectivity index (χ0) is 8.34. The SMILES string of the molecule is C[C@H](O)C12CC3CC(CC1C3)C2. The first kappa shape index (κ1) is 7.37. The van der Waals surface area contributed by atoms with Crippen molar-refractivity contribution in [3.05, 3.63) is 0 Å². The van der Waals surface area contributed by atoms with Crippen LogP contribution in [0.25, 0.3) is 0 Å². The van der Waals surface area contributed by atoms with E-state index in [2.05, 4.69) is 0 Å². The van der Waals surface area contributed by atoms with E-state index in [1.807, 2.05) is 6.92 Å². The number of hydrogen-bond donors (Lipinski definition) is 1. The van der Waals surface area contributed by atoms with Gasteiger partial charge in [0.25, 0.3) is 0 Å². The molecule has 68 valence electrons. The van der Waals surface area contributed by atoms with Crippen molar-refractivity contribution < 1.29 is 5.11 Å². The molecule has 0 aromatic heterocycles. The zero-order valence-electron chi connectivity index (χ0n) is 7.79. The van der Waals surface area contributed by atoms with Crippen LogP contribution in [-0.4, -0.2) is 11.2 Å². The fourth-order valence-corrected chi connectivity index (χ4v) is 4.54. The van der Waals surface area contributed by atoms with Crippen LogP contribution in [0.15, 0.2) is 0 Å². The van der Waals surface area contributed by atoms with E-state index >= 15 is 0 Å². The number of aliphatic hydroxyl groups is 1. The standard InChI is InChI=1S/C11H18O/c1-7(12)11-5-8-2-9(6-11)4-10(11)3-8/h7-10,12H,2-6H2,1H3/t7-,8?,9?,10?,11?/m0/s1. The summed E-state index contributed by atoms with van der Waals surface area (Å²) in [6, 6.07) is 0. The lowest BCUT2D eigenvalue weighted by Gasteiger charge is -2.35. The minimum atomic E-state index is -0.0437. The van der Waals surface area contributed by atoms with Crippen LogP contribution < -0.4 is 0 Å². The summed E-state index contributed by atoms with van der Waals surface area (Å²) in [7, 11) is 0. The maximum atomic E-state index is 9.85. The highest BCUT2D eigenvalue weighted by molar-refractivity contribution is 5.09. The molecule has 0 aromatic rings. The molecule has 0 aliphatic heterocycles. The van der Waals surface area contributed by atoms with E-state index in [1.165, 1.54) is 32.1 Å². The summed E-state index contributed by atoms with van der Waals surface area (Å²) < 4.78 is 0. The van der Waals surface area contributed by atoms with Crippen molar-refractivity contribution in [1.29, 1.82) is 0 Å². The van der Waals surface area contributed by atoms with Crippen molar-refractivity contribution in [2.24, 2.45) is 23.2 Å². The van der Waals surface area contributed by atoms with Crippen LogP contribution in [0, 0.1) is 23.2 Å². The molecule has 1 nitrogen and oxygen atoms in total. The largest absolute Gasteiger partial charge is 0.393 e. The van der Waals surface area contributed by atoms with E-state index in [0.29, 0.717) is 5.41 Å². The molecular weight excluding hydrogens is 148 g/mol. The molecule has 0 saturated heterocycles. The second kappa shape index (κ2) is 2.06. The van der Waals surface area contributed by atoms with Crippen molar-refractivity contribution in [1.82, 2.24) is 0 Å². The lowest BCUT2D eigenvalue weighted by atomic mass is 9.72. The van der Waals surface area contributed by atoms with Crippen LogP contribution in [-0.2, 0) is 0 Å². The maximum Gasteiger partial charge on any atom is 0.0571 e. The van der Waals surface area contributed by atoms with Gasteiger partial charge in [0.1, 0.15) is 0 Å². The molecule has 0 spiro atoms. The molecule has 2 unspecified atom stereocenters. The van der Waals surface area contributed by atoms with Crippen LogP contribution in [0.2, 0.25) is 0 Å². The minimum absolute atomic E-state index is 0.0437. The molecule has 12 heavy (non-hydrogen) atoms. The molecular formula is C11H18O. The molecule has 4 rings (SSSR count). The third-order valence-corrected chi connectivity index (χ3v) is 4.88. The molecule has 1 N–H and O–H groups in total. The summed E-state index contributed by atoms with van der Waals surface area (Å²) in [5, 5.41) is 9.85. The van der Waals surface area contributed by atoms with E-state index in [-0.39, 0.29) is 6.10 Å². The Balaban J connectivity index is 1.98. The van der Waals surface area contributed by atoms with Gasteiger partial charge in [0.2, 0.25) is 0 Å². The Bertz CT molecular complexity index is 195. The first-order chi connectivity index (χ1) is 5.71. The number of hydrogen-bond acceptors (Lipinski definition) is 1. The van der Waals surface area contributed by atoms with Crippen molar-refractivity contribution in [3.8, 4) is 0 Å². The van der Waals surface area contributed by atoms with E-state index in [1.54, 1.807) is 0 Å². The Labute approximate surface area is 74.2 Å². The van der Waals surface area contributed by atoms with Gasteiger partial charge < -0.3 is 5.11 Å². The molecule has 0 amide bonds. The molecule has 4 bridgehead atoms. The Kier molecular flexibility index (Phi) is 1.27. The van der Waals surface area contributed by atoms with Gasteiger partial charge in [-0.3, -0.25) is 0 Å². The van der Waals surface area contributed by atoms with Gasteiger partial charge in [-0.15, -0.1) is 0 Å². The van der Waals surface area contributed by atoms with Crippen molar-refractivity contribution in [2.75, 3.05) is 0 Å². The van der Waals surface area contributed by atoms with E-state index in [9.17, 15) is 5.11 Å². The highest BCUT2D eigenvalue weighted by Crippen LogP contribution is 2.66. The summed E-state index contributed by atoms with van der Waals surface area (Å²) in [6.07, 6.45) is 6.98. The predicted octanol–water partition coefficient (Wildman–Crippen LogP) is 2.19. The van der Waals surface area contributed by atoms with Crippen LogP contribution in [0.1, 0.15) is 39.0 Å². The summed E-state index contributed by atoms with van der Waals surface area (Å²) >= 11 is 0. The average molecular weight is 166 g/mol. The topological polar surface area (TPSA) is 20.2 Å². The van der Waals surface area contributed by atoms with Crippen LogP contribution in [0.4, 0.5) is 0 Å². The van der Waals surface area contributed by atoms with Crippen LogP contribution in [0.3, 0.4) is 0 Å². The van der Waals surface area contributed by atoms with Gasteiger partial charge in [0.15, 0.2) is 0 Å². The molecule has 4 fully saturated rings. The third-order valence-electron chi connectivity index (χ3n) is 4.88.